The van der Waals surface area contributed by atoms with Gasteiger partial charge in [0.15, 0.2) is 5.78 Å². The molecule has 0 unspecified atom stereocenters. The zero-order chi connectivity index (χ0) is 35.0. The fourth-order valence-corrected chi connectivity index (χ4v) is 5.05. The van der Waals surface area contributed by atoms with Crippen LogP contribution in [0.3, 0.4) is 0 Å². The van der Waals surface area contributed by atoms with Gasteiger partial charge in [-0.2, -0.15) is 0 Å². The van der Waals surface area contributed by atoms with Crippen LogP contribution in [0.15, 0.2) is 97.1 Å². The van der Waals surface area contributed by atoms with E-state index < -0.39 is 17.9 Å². The third kappa shape index (κ3) is 11.9. The molecule has 0 fully saturated rings. The number of esters is 1. The molecule has 0 aliphatic heterocycles. The van der Waals surface area contributed by atoms with E-state index in [0.717, 1.165) is 24.0 Å². The topological polar surface area (TPSA) is 120 Å². The highest BCUT2D eigenvalue weighted by molar-refractivity contribution is 5.98. The number of hydrogen-bond donors (Lipinski definition) is 2. The average Bonchev–Trinajstić information content (AvgIpc) is 3.11. The highest BCUT2D eigenvalue weighted by Crippen LogP contribution is 2.19. The van der Waals surface area contributed by atoms with Crippen molar-refractivity contribution in [2.24, 2.45) is 0 Å². The summed E-state index contributed by atoms with van der Waals surface area (Å²) in [5, 5.41) is 5.62. The summed E-state index contributed by atoms with van der Waals surface area (Å²) >= 11 is 0. The van der Waals surface area contributed by atoms with Crippen LogP contribution in [0.4, 0.5) is 5.69 Å². The van der Waals surface area contributed by atoms with Gasteiger partial charge in [0.25, 0.3) is 5.91 Å². The Labute approximate surface area is 288 Å². The van der Waals surface area contributed by atoms with Crippen LogP contribution in [-0.4, -0.2) is 43.3 Å². The van der Waals surface area contributed by atoms with Gasteiger partial charge in [0.1, 0.15) is 17.2 Å². The number of nitrogens with one attached hydrogen (secondary N) is 2. The zero-order valence-corrected chi connectivity index (χ0v) is 28.3. The van der Waals surface area contributed by atoms with E-state index in [1.54, 1.807) is 92.0 Å². The van der Waals surface area contributed by atoms with E-state index in [9.17, 15) is 19.2 Å². The maximum Gasteiger partial charge on any atom is 0.343 e. The zero-order valence-electron chi connectivity index (χ0n) is 28.3. The van der Waals surface area contributed by atoms with Crippen LogP contribution in [0.25, 0.3) is 0 Å². The predicted molar refractivity (Wildman–Crippen MR) is 190 cm³/mol. The number of carbonyl (C=O) groups is 4. The molecule has 0 radical (unpaired) electrons. The van der Waals surface area contributed by atoms with Gasteiger partial charge in [0, 0.05) is 11.3 Å². The Kier molecular flexibility index (Phi) is 14.0. The second kappa shape index (κ2) is 18.8. The molecule has 49 heavy (non-hydrogen) atoms. The van der Waals surface area contributed by atoms with Crippen molar-refractivity contribution < 1.29 is 33.4 Å². The first kappa shape index (κ1) is 36.4. The second-order valence-electron chi connectivity index (χ2n) is 11.8. The van der Waals surface area contributed by atoms with Crippen molar-refractivity contribution in [2.75, 3.05) is 19.0 Å². The van der Waals surface area contributed by atoms with Crippen molar-refractivity contribution in [3.8, 4) is 17.2 Å². The smallest absolute Gasteiger partial charge is 0.343 e. The van der Waals surface area contributed by atoms with Crippen LogP contribution in [0.2, 0.25) is 0 Å². The first-order valence-electron chi connectivity index (χ1n) is 16.6. The van der Waals surface area contributed by atoms with Crippen molar-refractivity contribution in [1.29, 1.82) is 0 Å². The van der Waals surface area contributed by atoms with Gasteiger partial charge in [0.05, 0.1) is 31.7 Å². The summed E-state index contributed by atoms with van der Waals surface area (Å²) in [5.74, 6) is 0.499. The third-order valence-electron chi connectivity index (χ3n) is 7.93. The molecular weight excluding hydrogens is 620 g/mol. The number of unbranched alkanes of at least 4 members (excludes halogenated alkanes) is 4. The van der Waals surface area contributed by atoms with Crippen LogP contribution >= 0.6 is 0 Å². The lowest BCUT2D eigenvalue weighted by molar-refractivity contribution is -0.119. The van der Waals surface area contributed by atoms with Crippen molar-refractivity contribution in [1.82, 2.24) is 5.32 Å². The molecular formula is C40H44N2O7. The molecule has 2 amide bonds. The Bertz CT molecular complexity index is 1670. The molecule has 2 N–H and O–H groups in total. The molecule has 0 saturated carbocycles. The van der Waals surface area contributed by atoms with E-state index in [1.165, 1.54) is 26.2 Å². The lowest BCUT2D eigenvalue weighted by Crippen LogP contribution is -2.41. The summed E-state index contributed by atoms with van der Waals surface area (Å²) < 4.78 is 16.4. The van der Waals surface area contributed by atoms with Gasteiger partial charge in [-0.25, -0.2) is 4.79 Å². The molecule has 0 aromatic heterocycles. The highest BCUT2D eigenvalue weighted by atomic mass is 16.5. The normalized spacial score (nSPS) is 11.2. The largest absolute Gasteiger partial charge is 0.497 e. The standard InChI is InChI=1S/C40H44N2O7/c1-4-5-6-7-8-25-48-35-23-15-32(16-24-35)40(46)49-36-21-11-29(12-22-36)26-37(28(2)43)42-39(45)31-13-17-33(18-14-31)41-38(44)27-30-9-19-34(47-3)20-10-30/h9-24,37H,4-8,25-27H2,1-3H3,(H,41,44)(H,42,45)/t37-/m0/s1. The first-order chi connectivity index (χ1) is 23.7. The molecule has 0 aliphatic carbocycles. The quantitative estimate of drug-likeness (QED) is 0.0647. The second-order valence-corrected chi connectivity index (χ2v) is 11.8. The van der Waals surface area contributed by atoms with Crippen molar-refractivity contribution >= 4 is 29.3 Å². The molecule has 0 bridgehead atoms. The summed E-state index contributed by atoms with van der Waals surface area (Å²) in [6, 6.07) is 26.7. The fourth-order valence-electron chi connectivity index (χ4n) is 5.05. The van der Waals surface area contributed by atoms with Crippen LogP contribution < -0.4 is 24.8 Å². The van der Waals surface area contributed by atoms with Gasteiger partial charge in [-0.15, -0.1) is 0 Å². The molecule has 0 spiro atoms. The van der Waals surface area contributed by atoms with Gasteiger partial charge >= 0.3 is 5.97 Å². The van der Waals surface area contributed by atoms with Crippen LogP contribution in [0.5, 0.6) is 17.2 Å². The summed E-state index contributed by atoms with van der Waals surface area (Å²) in [6.07, 6.45) is 6.26. The SMILES string of the molecule is CCCCCCCOc1ccc(C(=O)Oc2ccc(C[C@H](NC(=O)c3ccc(NC(=O)Cc4ccc(OC)cc4)cc3)C(C)=O)cc2)cc1. The number of anilines is 1. The minimum atomic E-state index is -0.762. The van der Waals surface area contributed by atoms with Gasteiger partial charge in [-0.3, -0.25) is 14.4 Å². The molecule has 0 aliphatic rings. The van der Waals surface area contributed by atoms with Crippen LogP contribution in [0.1, 0.15) is 77.8 Å². The molecule has 9 nitrogen and oxygen atoms in total. The predicted octanol–water partition coefficient (Wildman–Crippen LogP) is 7.37. The van der Waals surface area contributed by atoms with Gasteiger partial charge in [0.2, 0.25) is 5.91 Å². The number of hydrogen-bond acceptors (Lipinski definition) is 7. The molecule has 4 rings (SSSR count). The molecule has 256 valence electrons. The number of Topliss-reactive ketones (excluding diaryl/α,β-unsaturated/α-hetero) is 1. The van der Waals surface area contributed by atoms with Crippen molar-refractivity contribution in [2.45, 2.75) is 64.8 Å². The number of ketones is 1. The van der Waals surface area contributed by atoms with E-state index >= 15 is 0 Å². The third-order valence-corrected chi connectivity index (χ3v) is 7.93. The number of amides is 2. The van der Waals surface area contributed by atoms with E-state index in [-0.39, 0.29) is 24.5 Å². The molecule has 0 saturated heterocycles. The molecule has 0 heterocycles. The lowest BCUT2D eigenvalue weighted by Gasteiger charge is -2.17. The maximum absolute atomic E-state index is 13.0. The average molecular weight is 665 g/mol. The van der Waals surface area contributed by atoms with Gasteiger partial charge in [-0.05, 0) is 104 Å². The van der Waals surface area contributed by atoms with Crippen LogP contribution in [-0.2, 0) is 22.4 Å². The Balaban J connectivity index is 1.24. The first-order valence-corrected chi connectivity index (χ1v) is 16.6. The summed E-state index contributed by atoms with van der Waals surface area (Å²) in [5.41, 5.74) is 2.93. The van der Waals surface area contributed by atoms with Crippen molar-refractivity contribution in [3.63, 3.8) is 0 Å². The minimum absolute atomic E-state index is 0.192. The number of ether oxygens (including phenoxy) is 3. The van der Waals surface area contributed by atoms with Crippen LogP contribution in [0, 0.1) is 0 Å². The molecule has 9 heteroatoms. The summed E-state index contributed by atoms with van der Waals surface area (Å²) in [4.78, 5) is 50.6. The maximum atomic E-state index is 13.0. The van der Waals surface area contributed by atoms with E-state index in [0.29, 0.717) is 40.7 Å². The van der Waals surface area contributed by atoms with Crippen molar-refractivity contribution in [3.05, 3.63) is 119 Å². The Morgan fingerprint density at radius 2 is 1.27 bits per heavy atom. The lowest BCUT2D eigenvalue weighted by atomic mass is 10.0. The number of benzene rings is 4. The Morgan fingerprint density at radius 1 is 0.673 bits per heavy atom. The molecule has 1 atom stereocenters. The highest BCUT2D eigenvalue weighted by Gasteiger charge is 2.19. The fraction of sp³-hybridized carbons (Fsp3) is 0.300. The minimum Gasteiger partial charge on any atom is -0.497 e. The van der Waals surface area contributed by atoms with Gasteiger partial charge in [-0.1, -0.05) is 56.9 Å². The number of rotatable bonds is 18. The molecule has 4 aromatic carbocycles. The van der Waals surface area contributed by atoms with E-state index in [2.05, 4.69) is 17.6 Å². The monoisotopic (exact) mass is 664 g/mol. The number of carbonyl (C=O) groups excluding carboxylic acids is 4. The van der Waals surface area contributed by atoms with Gasteiger partial charge < -0.3 is 24.8 Å². The van der Waals surface area contributed by atoms with E-state index in [1.807, 2.05) is 12.1 Å². The summed E-state index contributed by atoms with van der Waals surface area (Å²) in [7, 11) is 1.58. The number of methoxy groups -OCH3 is 1. The van der Waals surface area contributed by atoms with E-state index in [4.69, 9.17) is 14.2 Å². The Morgan fingerprint density at radius 3 is 1.90 bits per heavy atom. The Hall–Kier alpha value is -5.44. The summed E-state index contributed by atoms with van der Waals surface area (Å²) in [6.45, 7) is 4.26. The molecule has 4 aromatic rings.